The number of carbonyl (C=O) groups excluding carboxylic acids is 1. The summed E-state index contributed by atoms with van der Waals surface area (Å²) in [5, 5.41) is 9.81. The highest BCUT2D eigenvalue weighted by atomic mass is 35.5. The molecular formula is C10H10ClNO3. The van der Waals surface area contributed by atoms with Gasteiger partial charge in [0.05, 0.1) is 12.2 Å². The van der Waals surface area contributed by atoms with E-state index in [2.05, 4.69) is 0 Å². The first kappa shape index (κ1) is 10.1. The van der Waals surface area contributed by atoms with Crippen molar-refractivity contribution < 1.29 is 14.6 Å². The van der Waals surface area contributed by atoms with Crippen molar-refractivity contribution in [2.24, 2.45) is 0 Å². The number of cyclic esters (lactones) is 1. The minimum Gasteiger partial charge on any atom is -0.506 e. The average molecular weight is 228 g/mol. The summed E-state index contributed by atoms with van der Waals surface area (Å²) in [5.74, 6) is 0.00821. The van der Waals surface area contributed by atoms with Crippen LogP contribution in [0, 0.1) is 6.92 Å². The van der Waals surface area contributed by atoms with E-state index >= 15 is 0 Å². The second kappa shape index (κ2) is 3.62. The quantitative estimate of drug-likeness (QED) is 0.801. The smallest absolute Gasteiger partial charge is 0.414 e. The lowest BCUT2D eigenvalue weighted by atomic mass is 10.2. The Morgan fingerprint density at radius 3 is 2.87 bits per heavy atom. The van der Waals surface area contributed by atoms with Crippen LogP contribution in [0.25, 0.3) is 0 Å². The third-order valence-electron chi connectivity index (χ3n) is 2.35. The second-order valence-electron chi connectivity index (χ2n) is 3.33. The summed E-state index contributed by atoms with van der Waals surface area (Å²) in [5.41, 5.74) is 1.17. The number of phenolic OH excluding ortho intramolecular Hbond substituents is 1. The van der Waals surface area contributed by atoms with E-state index in [0.29, 0.717) is 24.4 Å². The van der Waals surface area contributed by atoms with Crippen LogP contribution in [0.15, 0.2) is 12.1 Å². The molecule has 1 N–H and O–H groups in total. The Morgan fingerprint density at radius 1 is 1.53 bits per heavy atom. The molecule has 0 atom stereocenters. The number of benzene rings is 1. The standard InChI is InChI=1S/C10H10ClNO3/c1-6-2-3-7(8(11)9(6)13)12-4-5-15-10(12)14/h2-3,13H,4-5H2,1H3. The van der Waals surface area contributed by atoms with E-state index in [1.165, 1.54) is 4.90 Å². The lowest BCUT2D eigenvalue weighted by Crippen LogP contribution is -2.23. The fourth-order valence-electron chi connectivity index (χ4n) is 1.47. The second-order valence-corrected chi connectivity index (χ2v) is 3.71. The summed E-state index contributed by atoms with van der Waals surface area (Å²) in [6.45, 7) is 2.55. The van der Waals surface area contributed by atoms with Crippen LogP contribution in [0.2, 0.25) is 5.02 Å². The van der Waals surface area contributed by atoms with E-state index < -0.39 is 6.09 Å². The van der Waals surface area contributed by atoms with Crippen molar-refractivity contribution in [3.05, 3.63) is 22.7 Å². The predicted molar refractivity (Wildman–Crippen MR) is 56.5 cm³/mol. The monoisotopic (exact) mass is 227 g/mol. The Hall–Kier alpha value is -1.42. The summed E-state index contributed by atoms with van der Waals surface area (Å²) in [6.07, 6.45) is -0.430. The Kier molecular flexibility index (Phi) is 2.44. The zero-order valence-electron chi connectivity index (χ0n) is 8.16. The zero-order valence-corrected chi connectivity index (χ0v) is 8.91. The van der Waals surface area contributed by atoms with Gasteiger partial charge in [-0.1, -0.05) is 17.7 Å². The molecule has 1 amide bonds. The van der Waals surface area contributed by atoms with Crippen LogP contribution in [0.4, 0.5) is 10.5 Å². The van der Waals surface area contributed by atoms with Gasteiger partial charge in [0.15, 0.2) is 0 Å². The number of hydrogen-bond acceptors (Lipinski definition) is 3. The SMILES string of the molecule is Cc1ccc(N2CCOC2=O)c(Cl)c1O. The van der Waals surface area contributed by atoms with Gasteiger partial charge in [-0.3, -0.25) is 4.90 Å². The van der Waals surface area contributed by atoms with Crippen LogP contribution in [-0.2, 0) is 4.74 Å². The number of rotatable bonds is 1. The van der Waals surface area contributed by atoms with E-state index in [0.717, 1.165) is 0 Å². The molecule has 0 spiro atoms. The molecule has 1 fully saturated rings. The highest BCUT2D eigenvalue weighted by molar-refractivity contribution is 6.35. The van der Waals surface area contributed by atoms with E-state index in [-0.39, 0.29) is 10.8 Å². The van der Waals surface area contributed by atoms with Gasteiger partial charge >= 0.3 is 6.09 Å². The molecule has 5 heteroatoms. The Labute approximate surface area is 92.0 Å². The molecule has 4 nitrogen and oxygen atoms in total. The number of aromatic hydroxyl groups is 1. The van der Waals surface area contributed by atoms with Crippen molar-refractivity contribution in [1.29, 1.82) is 0 Å². The first-order valence-corrected chi connectivity index (χ1v) is 4.91. The van der Waals surface area contributed by atoms with Crippen molar-refractivity contribution in [3.8, 4) is 5.75 Å². The normalized spacial score (nSPS) is 15.6. The van der Waals surface area contributed by atoms with Gasteiger partial charge < -0.3 is 9.84 Å². The molecule has 1 aliphatic rings. The van der Waals surface area contributed by atoms with Crippen LogP contribution >= 0.6 is 11.6 Å². The van der Waals surface area contributed by atoms with Gasteiger partial charge in [0.25, 0.3) is 0 Å². The minimum absolute atomic E-state index is 0.00821. The molecule has 0 aromatic heterocycles. The zero-order chi connectivity index (χ0) is 11.0. The van der Waals surface area contributed by atoms with Crippen molar-refractivity contribution in [1.82, 2.24) is 0 Å². The lowest BCUT2D eigenvalue weighted by molar-refractivity contribution is 0.181. The molecule has 1 aliphatic heterocycles. The number of nitrogens with zero attached hydrogens (tertiary/aromatic N) is 1. The molecule has 0 unspecified atom stereocenters. The van der Waals surface area contributed by atoms with Crippen LogP contribution in [0.1, 0.15) is 5.56 Å². The van der Waals surface area contributed by atoms with E-state index in [1.807, 2.05) is 0 Å². The van der Waals surface area contributed by atoms with Crippen LogP contribution in [0.3, 0.4) is 0 Å². The molecule has 80 valence electrons. The number of anilines is 1. The molecule has 1 saturated heterocycles. The molecule has 0 aliphatic carbocycles. The van der Waals surface area contributed by atoms with Gasteiger partial charge in [-0.2, -0.15) is 0 Å². The highest BCUT2D eigenvalue weighted by Gasteiger charge is 2.26. The number of phenols is 1. The van der Waals surface area contributed by atoms with Crippen molar-refractivity contribution >= 4 is 23.4 Å². The number of ether oxygens (including phenoxy) is 1. The summed E-state index contributed by atoms with van der Waals surface area (Å²) in [4.78, 5) is 12.7. The number of carbonyl (C=O) groups is 1. The lowest BCUT2D eigenvalue weighted by Gasteiger charge is -2.15. The van der Waals surface area contributed by atoms with Gasteiger partial charge in [-0.25, -0.2) is 4.79 Å². The Bertz CT molecular complexity index is 419. The Balaban J connectivity index is 2.45. The molecule has 1 aromatic rings. The third kappa shape index (κ3) is 1.61. The largest absolute Gasteiger partial charge is 0.506 e. The van der Waals surface area contributed by atoms with Crippen molar-refractivity contribution in [2.45, 2.75) is 6.92 Å². The number of hydrogen-bond donors (Lipinski definition) is 1. The molecule has 15 heavy (non-hydrogen) atoms. The van der Waals surface area contributed by atoms with Gasteiger partial charge in [0.2, 0.25) is 0 Å². The molecule has 0 bridgehead atoms. The Morgan fingerprint density at radius 2 is 2.27 bits per heavy atom. The van der Waals surface area contributed by atoms with Crippen LogP contribution in [-0.4, -0.2) is 24.4 Å². The van der Waals surface area contributed by atoms with Gasteiger partial charge in [0, 0.05) is 0 Å². The maximum absolute atomic E-state index is 11.3. The maximum atomic E-state index is 11.3. The van der Waals surface area contributed by atoms with Crippen molar-refractivity contribution in [2.75, 3.05) is 18.1 Å². The average Bonchev–Trinajstić information content (AvgIpc) is 2.62. The molecule has 1 aromatic carbocycles. The number of aryl methyl sites for hydroxylation is 1. The fraction of sp³-hybridized carbons (Fsp3) is 0.300. The predicted octanol–water partition coefficient (Wildman–Crippen LogP) is 2.31. The van der Waals surface area contributed by atoms with Crippen molar-refractivity contribution in [3.63, 3.8) is 0 Å². The molecule has 0 radical (unpaired) electrons. The summed E-state index contributed by atoms with van der Waals surface area (Å²) < 4.78 is 4.79. The highest BCUT2D eigenvalue weighted by Crippen LogP contribution is 2.37. The number of halogens is 1. The molecule has 0 saturated carbocycles. The fourth-order valence-corrected chi connectivity index (χ4v) is 1.79. The summed E-state index contributed by atoms with van der Waals surface area (Å²) in [6, 6.07) is 3.41. The minimum atomic E-state index is -0.430. The first-order valence-electron chi connectivity index (χ1n) is 4.53. The van der Waals surface area contributed by atoms with Gasteiger partial charge in [0.1, 0.15) is 17.4 Å². The summed E-state index contributed by atoms with van der Waals surface area (Å²) >= 11 is 5.94. The summed E-state index contributed by atoms with van der Waals surface area (Å²) in [7, 11) is 0. The van der Waals surface area contributed by atoms with Crippen LogP contribution < -0.4 is 4.90 Å². The van der Waals surface area contributed by atoms with Gasteiger partial charge in [-0.05, 0) is 18.6 Å². The van der Waals surface area contributed by atoms with E-state index in [1.54, 1.807) is 19.1 Å². The van der Waals surface area contributed by atoms with E-state index in [4.69, 9.17) is 16.3 Å². The molecule has 1 heterocycles. The molecule has 2 rings (SSSR count). The van der Waals surface area contributed by atoms with Crippen LogP contribution in [0.5, 0.6) is 5.75 Å². The topological polar surface area (TPSA) is 49.8 Å². The number of amides is 1. The molecular weight excluding hydrogens is 218 g/mol. The van der Waals surface area contributed by atoms with Gasteiger partial charge in [-0.15, -0.1) is 0 Å². The van der Waals surface area contributed by atoms with E-state index in [9.17, 15) is 9.90 Å². The first-order chi connectivity index (χ1) is 7.11. The maximum Gasteiger partial charge on any atom is 0.414 e. The third-order valence-corrected chi connectivity index (χ3v) is 2.72.